The van der Waals surface area contributed by atoms with E-state index in [-0.39, 0.29) is 5.41 Å². The third-order valence-electron chi connectivity index (χ3n) is 3.36. The van der Waals surface area contributed by atoms with E-state index >= 15 is 0 Å². The van der Waals surface area contributed by atoms with Crippen LogP contribution in [0.2, 0.25) is 0 Å². The summed E-state index contributed by atoms with van der Waals surface area (Å²) in [6.07, 6.45) is 2.28. The molecule has 0 atom stereocenters. The Morgan fingerprint density at radius 1 is 1.41 bits per heavy atom. The highest BCUT2D eigenvalue weighted by molar-refractivity contribution is 7.99. The number of fused-ring (bicyclic) bond motifs is 1. The first-order valence-electron chi connectivity index (χ1n) is 6.30. The zero-order chi connectivity index (χ0) is 12.3. The number of rotatable bonds is 4. The Morgan fingerprint density at radius 3 is 3.00 bits per heavy atom. The van der Waals surface area contributed by atoms with Gasteiger partial charge in [-0.1, -0.05) is 19.9 Å². The average molecular weight is 250 g/mol. The summed E-state index contributed by atoms with van der Waals surface area (Å²) in [5.41, 5.74) is 8.74. The van der Waals surface area contributed by atoms with Crippen LogP contribution in [0.4, 0.5) is 5.69 Å². The molecule has 0 unspecified atom stereocenters. The molecule has 0 bridgehead atoms. The lowest BCUT2D eigenvalue weighted by Crippen LogP contribution is -2.24. The zero-order valence-electron chi connectivity index (χ0n) is 10.8. The second-order valence-corrected chi connectivity index (χ2v) is 6.61. The Bertz CT molecular complexity index is 388. The quantitative estimate of drug-likeness (QED) is 0.862. The largest absolute Gasteiger partial charge is 0.383 e. The van der Waals surface area contributed by atoms with Crippen LogP contribution in [0.3, 0.4) is 0 Å². The molecule has 0 aromatic heterocycles. The molecule has 2 nitrogen and oxygen atoms in total. The van der Waals surface area contributed by atoms with Crippen molar-refractivity contribution < 1.29 is 0 Å². The normalized spacial score (nSPS) is 15.2. The van der Waals surface area contributed by atoms with Crippen LogP contribution in [0.1, 0.15) is 25.8 Å². The van der Waals surface area contributed by atoms with E-state index in [0.717, 1.165) is 25.9 Å². The van der Waals surface area contributed by atoms with Gasteiger partial charge in [-0.25, -0.2) is 0 Å². The van der Waals surface area contributed by atoms with Gasteiger partial charge in [0.05, 0.1) is 0 Å². The molecule has 3 heteroatoms. The summed E-state index contributed by atoms with van der Waals surface area (Å²) in [6, 6.07) is 6.79. The molecule has 17 heavy (non-hydrogen) atoms. The maximum absolute atomic E-state index is 5.77. The average Bonchev–Trinajstić information content (AvgIpc) is 2.36. The molecule has 1 aliphatic rings. The SMILES string of the molecule is CC(C)(CN)CCc1ccc2c(c1)SCCN2. The van der Waals surface area contributed by atoms with Crippen molar-refractivity contribution in [1.29, 1.82) is 0 Å². The first-order valence-corrected chi connectivity index (χ1v) is 7.29. The molecule has 1 aromatic rings. The zero-order valence-corrected chi connectivity index (χ0v) is 11.6. The van der Waals surface area contributed by atoms with Crippen LogP contribution in [0.15, 0.2) is 23.1 Å². The van der Waals surface area contributed by atoms with Gasteiger partial charge in [-0.15, -0.1) is 11.8 Å². The van der Waals surface area contributed by atoms with E-state index in [4.69, 9.17) is 5.73 Å². The molecule has 0 amide bonds. The van der Waals surface area contributed by atoms with Gasteiger partial charge in [0.15, 0.2) is 0 Å². The van der Waals surface area contributed by atoms with E-state index in [9.17, 15) is 0 Å². The fourth-order valence-electron chi connectivity index (χ4n) is 1.92. The molecule has 2 rings (SSSR count). The van der Waals surface area contributed by atoms with Crippen molar-refractivity contribution in [2.45, 2.75) is 31.6 Å². The Hall–Kier alpha value is -0.670. The molecule has 0 fully saturated rings. The van der Waals surface area contributed by atoms with Gasteiger partial charge in [0, 0.05) is 22.9 Å². The molecule has 1 heterocycles. The van der Waals surface area contributed by atoms with Crippen LogP contribution in [0.5, 0.6) is 0 Å². The molecule has 0 spiro atoms. The topological polar surface area (TPSA) is 38.0 Å². The second kappa shape index (κ2) is 5.32. The number of thioether (sulfide) groups is 1. The first kappa shape index (κ1) is 12.8. The lowest BCUT2D eigenvalue weighted by atomic mass is 9.86. The van der Waals surface area contributed by atoms with Crippen LogP contribution in [0.25, 0.3) is 0 Å². The van der Waals surface area contributed by atoms with E-state index in [2.05, 4.69) is 37.4 Å². The Morgan fingerprint density at radius 2 is 2.24 bits per heavy atom. The smallest absolute Gasteiger partial charge is 0.0478 e. The minimum atomic E-state index is 0.251. The first-order chi connectivity index (χ1) is 8.11. The number of benzene rings is 1. The van der Waals surface area contributed by atoms with E-state index in [1.165, 1.54) is 21.9 Å². The fourth-order valence-corrected chi connectivity index (χ4v) is 2.87. The van der Waals surface area contributed by atoms with Crippen LogP contribution < -0.4 is 11.1 Å². The van der Waals surface area contributed by atoms with Gasteiger partial charge >= 0.3 is 0 Å². The van der Waals surface area contributed by atoms with Crippen LogP contribution >= 0.6 is 11.8 Å². The number of nitrogens with one attached hydrogen (secondary N) is 1. The van der Waals surface area contributed by atoms with Gasteiger partial charge in [0.1, 0.15) is 0 Å². The molecule has 94 valence electrons. The number of anilines is 1. The molecule has 0 saturated heterocycles. The van der Waals surface area contributed by atoms with Crippen molar-refractivity contribution in [2.24, 2.45) is 11.1 Å². The predicted molar refractivity (Wildman–Crippen MR) is 76.8 cm³/mol. The standard InChI is InChI=1S/C14H22N2S/c1-14(2,10-15)6-5-11-3-4-12-13(9-11)17-8-7-16-12/h3-4,9,16H,5-8,10,15H2,1-2H3. The number of hydrogen-bond donors (Lipinski definition) is 2. The summed E-state index contributed by atoms with van der Waals surface area (Å²) in [7, 11) is 0. The molecule has 0 saturated carbocycles. The lowest BCUT2D eigenvalue weighted by Gasteiger charge is -2.23. The Balaban J connectivity index is 2.02. The van der Waals surface area contributed by atoms with Crippen molar-refractivity contribution in [1.82, 2.24) is 0 Å². The molecular weight excluding hydrogens is 228 g/mol. The molecule has 1 aromatic carbocycles. The van der Waals surface area contributed by atoms with E-state index < -0.39 is 0 Å². The van der Waals surface area contributed by atoms with E-state index in [1.54, 1.807) is 0 Å². The lowest BCUT2D eigenvalue weighted by molar-refractivity contribution is 0.348. The summed E-state index contributed by atoms with van der Waals surface area (Å²) in [5, 5.41) is 3.43. The number of hydrogen-bond acceptors (Lipinski definition) is 3. The molecular formula is C14H22N2S. The highest BCUT2D eigenvalue weighted by Gasteiger charge is 2.16. The second-order valence-electron chi connectivity index (χ2n) is 5.47. The highest BCUT2D eigenvalue weighted by atomic mass is 32.2. The minimum Gasteiger partial charge on any atom is -0.383 e. The Kier molecular flexibility index (Phi) is 4.00. The van der Waals surface area contributed by atoms with Gasteiger partial charge in [0.2, 0.25) is 0 Å². The van der Waals surface area contributed by atoms with Gasteiger partial charge in [-0.05, 0) is 42.5 Å². The maximum Gasteiger partial charge on any atom is 0.0478 e. The van der Waals surface area contributed by atoms with Crippen molar-refractivity contribution >= 4 is 17.4 Å². The molecule has 0 aliphatic carbocycles. The number of nitrogens with two attached hydrogens (primary N) is 1. The van der Waals surface area contributed by atoms with Crippen molar-refractivity contribution in [3.05, 3.63) is 23.8 Å². The molecule has 3 N–H and O–H groups in total. The summed E-state index contributed by atoms with van der Waals surface area (Å²) < 4.78 is 0. The monoisotopic (exact) mass is 250 g/mol. The summed E-state index contributed by atoms with van der Waals surface area (Å²) >= 11 is 1.95. The minimum absolute atomic E-state index is 0.251. The van der Waals surface area contributed by atoms with Gasteiger partial charge in [-0.2, -0.15) is 0 Å². The van der Waals surface area contributed by atoms with Gasteiger partial charge in [-0.3, -0.25) is 0 Å². The molecule has 1 aliphatic heterocycles. The number of aryl methyl sites for hydroxylation is 1. The van der Waals surface area contributed by atoms with Crippen molar-refractivity contribution in [3.63, 3.8) is 0 Å². The third-order valence-corrected chi connectivity index (χ3v) is 4.42. The van der Waals surface area contributed by atoms with E-state index in [0.29, 0.717) is 0 Å². The maximum atomic E-state index is 5.77. The summed E-state index contributed by atoms with van der Waals surface area (Å²) in [5.74, 6) is 1.17. The third kappa shape index (κ3) is 3.39. The van der Waals surface area contributed by atoms with Crippen LogP contribution in [0, 0.1) is 5.41 Å². The van der Waals surface area contributed by atoms with Crippen LogP contribution in [-0.4, -0.2) is 18.8 Å². The van der Waals surface area contributed by atoms with Crippen molar-refractivity contribution in [2.75, 3.05) is 24.2 Å². The highest BCUT2D eigenvalue weighted by Crippen LogP contribution is 2.32. The fraction of sp³-hybridized carbons (Fsp3) is 0.571. The van der Waals surface area contributed by atoms with Crippen LogP contribution in [-0.2, 0) is 6.42 Å². The van der Waals surface area contributed by atoms with Crippen molar-refractivity contribution in [3.8, 4) is 0 Å². The summed E-state index contributed by atoms with van der Waals surface area (Å²) in [6.45, 7) is 6.31. The predicted octanol–water partition coefficient (Wildman–Crippen LogP) is 3.12. The molecule has 0 radical (unpaired) electrons. The van der Waals surface area contributed by atoms with Gasteiger partial charge < -0.3 is 11.1 Å². The summed E-state index contributed by atoms with van der Waals surface area (Å²) in [4.78, 5) is 1.40. The van der Waals surface area contributed by atoms with Gasteiger partial charge in [0.25, 0.3) is 0 Å². The Labute approximate surface area is 108 Å². The van der Waals surface area contributed by atoms with E-state index in [1.807, 2.05) is 11.8 Å².